The lowest BCUT2D eigenvalue weighted by molar-refractivity contribution is 0.293. The van der Waals surface area contributed by atoms with Crippen molar-refractivity contribution >= 4 is 23.2 Å². The van der Waals surface area contributed by atoms with E-state index in [1.54, 1.807) is 12.3 Å². The Labute approximate surface area is 158 Å². The predicted molar refractivity (Wildman–Crippen MR) is 104 cm³/mol. The number of ether oxygens (including phenoxy) is 1. The number of halogens is 2. The zero-order valence-electron chi connectivity index (χ0n) is 14.0. The van der Waals surface area contributed by atoms with Gasteiger partial charge in [-0.05, 0) is 47.2 Å². The molecule has 0 aliphatic rings. The van der Waals surface area contributed by atoms with Crippen LogP contribution in [-0.4, -0.2) is 4.98 Å². The summed E-state index contributed by atoms with van der Waals surface area (Å²) in [6.45, 7) is 2.66. The third kappa shape index (κ3) is 4.97. The molecule has 2 nitrogen and oxygen atoms in total. The minimum Gasteiger partial charge on any atom is -0.473 e. The first kappa shape index (κ1) is 17.8. The second-order valence-electron chi connectivity index (χ2n) is 6.05. The summed E-state index contributed by atoms with van der Waals surface area (Å²) in [5.74, 6) is 0.907. The summed E-state index contributed by atoms with van der Waals surface area (Å²) in [4.78, 5) is 4.30. The molecule has 0 fully saturated rings. The molecule has 0 amide bonds. The Bertz CT molecular complexity index is 836. The maximum Gasteiger partial charge on any atom is 0.213 e. The Hall–Kier alpha value is -2.03. The molecule has 3 aromatic rings. The molecule has 0 aliphatic heterocycles. The number of nitrogens with zero attached hydrogens (tertiary/aromatic N) is 1. The number of aromatic nitrogens is 1. The van der Waals surface area contributed by atoms with Crippen LogP contribution < -0.4 is 4.74 Å². The highest BCUT2D eigenvalue weighted by atomic mass is 35.5. The van der Waals surface area contributed by atoms with E-state index in [9.17, 15) is 0 Å². The maximum atomic E-state index is 6.32. The van der Waals surface area contributed by atoms with Crippen molar-refractivity contribution in [1.29, 1.82) is 0 Å². The zero-order chi connectivity index (χ0) is 17.6. The highest BCUT2D eigenvalue weighted by molar-refractivity contribution is 6.35. The summed E-state index contributed by atoms with van der Waals surface area (Å²) in [6.07, 6.45) is 2.64. The number of hydrogen-bond donors (Lipinski definition) is 0. The van der Waals surface area contributed by atoms with E-state index < -0.39 is 0 Å². The summed E-state index contributed by atoms with van der Waals surface area (Å²) >= 11 is 12.3. The lowest BCUT2D eigenvalue weighted by Crippen LogP contribution is -2.01. The van der Waals surface area contributed by atoms with Crippen LogP contribution in [0.25, 0.3) is 0 Å². The molecule has 128 valence electrons. The van der Waals surface area contributed by atoms with Gasteiger partial charge in [0, 0.05) is 22.3 Å². The molecular formula is C21H19Cl2NO. The molecule has 0 saturated heterocycles. The van der Waals surface area contributed by atoms with Gasteiger partial charge >= 0.3 is 0 Å². The minimum absolute atomic E-state index is 0.272. The Morgan fingerprint density at radius 1 is 0.960 bits per heavy atom. The molecule has 1 unspecified atom stereocenters. The molecule has 1 atom stereocenters. The van der Waals surface area contributed by atoms with Crippen molar-refractivity contribution in [2.75, 3.05) is 0 Å². The molecule has 25 heavy (non-hydrogen) atoms. The highest BCUT2D eigenvalue weighted by Gasteiger charge is 2.12. The van der Waals surface area contributed by atoms with Crippen molar-refractivity contribution in [3.05, 3.63) is 93.6 Å². The summed E-state index contributed by atoms with van der Waals surface area (Å²) in [7, 11) is 0. The van der Waals surface area contributed by atoms with Crippen LogP contribution in [0.2, 0.25) is 10.0 Å². The van der Waals surface area contributed by atoms with Crippen molar-refractivity contribution in [2.24, 2.45) is 0 Å². The van der Waals surface area contributed by atoms with Gasteiger partial charge in [0.05, 0.1) is 0 Å². The molecule has 2 aromatic carbocycles. The smallest absolute Gasteiger partial charge is 0.213 e. The molecule has 0 spiro atoms. The molecule has 0 aliphatic carbocycles. The van der Waals surface area contributed by atoms with Crippen LogP contribution >= 0.6 is 23.2 Å². The lowest BCUT2D eigenvalue weighted by atomic mass is 9.94. The van der Waals surface area contributed by atoms with Crippen molar-refractivity contribution in [1.82, 2.24) is 4.98 Å². The van der Waals surface area contributed by atoms with Crippen LogP contribution in [0.1, 0.15) is 29.5 Å². The van der Waals surface area contributed by atoms with Gasteiger partial charge in [0.25, 0.3) is 0 Å². The molecule has 0 bridgehead atoms. The monoisotopic (exact) mass is 371 g/mol. The first-order chi connectivity index (χ1) is 12.1. The third-order valence-corrected chi connectivity index (χ3v) is 4.63. The standard InChI is InChI=1S/C21H19Cl2NO/c1-15(19-8-7-18(22)13-20(19)23)11-17-9-10-24-21(12-17)25-14-16-5-3-2-4-6-16/h2-10,12-13,15H,11,14H2,1H3. The molecule has 1 aromatic heterocycles. The molecule has 0 saturated carbocycles. The minimum atomic E-state index is 0.272. The summed E-state index contributed by atoms with van der Waals surface area (Å²) in [5.41, 5.74) is 3.38. The van der Waals surface area contributed by atoms with Crippen LogP contribution in [0.3, 0.4) is 0 Å². The maximum absolute atomic E-state index is 6.32. The fourth-order valence-corrected chi connectivity index (χ4v) is 3.35. The van der Waals surface area contributed by atoms with E-state index in [-0.39, 0.29) is 5.92 Å². The predicted octanol–water partition coefficient (Wildman–Crippen LogP) is 6.31. The Morgan fingerprint density at radius 2 is 1.76 bits per heavy atom. The normalized spacial score (nSPS) is 12.0. The molecular weight excluding hydrogens is 353 g/mol. The average molecular weight is 372 g/mol. The quantitative estimate of drug-likeness (QED) is 0.506. The summed E-state index contributed by atoms with van der Waals surface area (Å²) in [5, 5.41) is 1.36. The first-order valence-corrected chi connectivity index (χ1v) is 8.94. The van der Waals surface area contributed by atoms with Gasteiger partial charge in [-0.3, -0.25) is 0 Å². The van der Waals surface area contributed by atoms with Crippen molar-refractivity contribution in [3.63, 3.8) is 0 Å². The van der Waals surface area contributed by atoms with Gasteiger partial charge in [-0.15, -0.1) is 0 Å². The van der Waals surface area contributed by atoms with E-state index in [1.165, 1.54) is 0 Å². The van der Waals surface area contributed by atoms with Crippen LogP contribution in [0, 0.1) is 0 Å². The topological polar surface area (TPSA) is 22.1 Å². The van der Waals surface area contributed by atoms with Crippen LogP contribution in [0.4, 0.5) is 0 Å². The Morgan fingerprint density at radius 3 is 2.52 bits per heavy atom. The van der Waals surface area contributed by atoms with Gasteiger partial charge in [-0.25, -0.2) is 4.98 Å². The average Bonchev–Trinajstić information content (AvgIpc) is 2.61. The van der Waals surface area contributed by atoms with Crippen molar-refractivity contribution in [3.8, 4) is 5.88 Å². The number of rotatable bonds is 6. The molecule has 1 heterocycles. The Kier molecular flexibility index (Phi) is 5.95. The van der Waals surface area contributed by atoms with Crippen molar-refractivity contribution in [2.45, 2.75) is 25.9 Å². The molecule has 4 heteroatoms. The summed E-state index contributed by atoms with van der Waals surface area (Å²) in [6, 6.07) is 19.7. The number of pyridine rings is 1. The fourth-order valence-electron chi connectivity index (χ4n) is 2.75. The van der Waals surface area contributed by atoms with E-state index in [2.05, 4.69) is 11.9 Å². The van der Waals surface area contributed by atoms with E-state index in [4.69, 9.17) is 27.9 Å². The van der Waals surface area contributed by atoms with Crippen LogP contribution in [0.15, 0.2) is 66.9 Å². The summed E-state index contributed by atoms with van der Waals surface area (Å²) < 4.78 is 5.80. The fraction of sp³-hybridized carbons (Fsp3) is 0.190. The Balaban J connectivity index is 1.66. The SMILES string of the molecule is CC(Cc1ccnc(OCc2ccccc2)c1)c1ccc(Cl)cc1Cl. The van der Waals surface area contributed by atoms with Gasteiger partial charge in [0.15, 0.2) is 0 Å². The lowest BCUT2D eigenvalue weighted by Gasteiger charge is -2.14. The van der Waals surface area contributed by atoms with E-state index in [0.717, 1.165) is 23.1 Å². The van der Waals surface area contributed by atoms with E-state index in [0.29, 0.717) is 22.5 Å². The molecule has 0 N–H and O–H groups in total. The second-order valence-corrected chi connectivity index (χ2v) is 6.89. The number of hydrogen-bond acceptors (Lipinski definition) is 2. The molecule has 0 radical (unpaired) electrons. The number of benzene rings is 2. The van der Waals surface area contributed by atoms with Gasteiger partial charge in [-0.1, -0.05) is 66.5 Å². The third-order valence-electron chi connectivity index (χ3n) is 4.06. The van der Waals surface area contributed by atoms with Crippen LogP contribution in [-0.2, 0) is 13.0 Å². The van der Waals surface area contributed by atoms with E-state index >= 15 is 0 Å². The largest absolute Gasteiger partial charge is 0.473 e. The first-order valence-electron chi connectivity index (χ1n) is 8.18. The van der Waals surface area contributed by atoms with Crippen LogP contribution in [0.5, 0.6) is 5.88 Å². The van der Waals surface area contributed by atoms with E-state index in [1.807, 2.05) is 54.6 Å². The second kappa shape index (κ2) is 8.37. The van der Waals surface area contributed by atoms with Gasteiger partial charge in [-0.2, -0.15) is 0 Å². The van der Waals surface area contributed by atoms with Gasteiger partial charge < -0.3 is 4.74 Å². The van der Waals surface area contributed by atoms with Crippen molar-refractivity contribution < 1.29 is 4.74 Å². The zero-order valence-corrected chi connectivity index (χ0v) is 15.5. The van der Waals surface area contributed by atoms with Gasteiger partial charge in [0.1, 0.15) is 6.61 Å². The van der Waals surface area contributed by atoms with Gasteiger partial charge in [0.2, 0.25) is 5.88 Å². The highest BCUT2D eigenvalue weighted by Crippen LogP contribution is 2.30. The molecule has 3 rings (SSSR count).